The minimum absolute atomic E-state index is 0.332. The zero-order chi connectivity index (χ0) is 13.4. The van der Waals surface area contributed by atoms with Crippen LogP contribution in [0.25, 0.3) is 5.65 Å². The highest BCUT2D eigenvalue weighted by Gasteiger charge is 2.30. The summed E-state index contributed by atoms with van der Waals surface area (Å²) in [5.41, 5.74) is 5.73. The average Bonchev–Trinajstić information content (AvgIpc) is 3.15. The molecule has 100 valence electrons. The van der Waals surface area contributed by atoms with Gasteiger partial charge in [0.1, 0.15) is 5.82 Å². The Labute approximate surface area is 114 Å². The number of nitrogens with two attached hydrogens (primary N) is 1. The third-order valence-electron chi connectivity index (χ3n) is 3.14. The molecule has 0 radical (unpaired) electrons. The maximum atomic E-state index is 11.5. The Balaban J connectivity index is 1.92. The second-order valence-electron chi connectivity index (χ2n) is 4.63. The summed E-state index contributed by atoms with van der Waals surface area (Å²) in [5.74, 6) is 0.759. The Hall–Kier alpha value is -1.96. The van der Waals surface area contributed by atoms with E-state index in [0.29, 0.717) is 23.1 Å². The number of nitrogens with zero attached hydrogens (tertiary/aromatic N) is 4. The highest BCUT2D eigenvalue weighted by atomic mass is 32.1. The van der Waals surface area contributed by atoms with Crippen LogP contribution in [0.3, 0.4) is 0 Å². The van der Waals surface area contributed by atoms with Gasteiger partial charge in [0.05, 0.1) is 4.99 Å². The fourth-order valence-corrected chi connectivity index (χ4v) is 2.14. The molecule has 3 rings (SSSR count). The van der Waals surface area contributed by atoms with E-state index in [4.69, 9.17) is 18.0 Å². The van der Waals surface area contributed by atoms with Crippen LogP contribution in [0.15, 0.2) is 16.9 Å². The number of hydrogen-bond acceptors (Lipinski definition) is 5. The molecule has 1 aliphatic rings. The normalized spacial score (nSPS) is 14.7. The van der Waals surface area contributed by atoms with E-state index in [1.807, 2.05) is 6.07 Å². The summed E-state index contributed by atoms with van der Waals surface area (Å²) in [6.07, 6.45) is 2.92. The molecule has 0 spiro atoms. The molecule has 1 aliphatic carbocycles. The standard InChI is InChI=1S/C11H14N6OS/c12-8(19)5-6-16(7-1-2-7)10-4-3-9-13-14-11(18)17(9)15-10/h3-4,7H,1-2,5-6H2,(H2,12,19)(H,14,18). The zero-order valence-corrected chi connectivity index (χ0v) is 11.1. The summed E-state index contributed by atoms with van der Waals surface area (Å²) in [7, 11) is 0. The van der Waals surface area contributed by atoms with Crippen molar-refractivity contribution in [3.05, 3.63) is 22.6 Å². The van der Waals surface area contributed by atoms with E-state index >= 15 is 0 Å². The predicted molar refractivity (Wildman–Crippen MR) is 75.4 cm³/mol. The van der Waals surface area contributed by atoms with Crippen molar-refractivity contribution >= 4 is 28.7 Å². The number of rotatable bonds is 5. The Morgan fingerprint density at radius 1 is 1.58 bits per heavy atom. The number of thiocarbonyl (C=S) groups is 1. The van der Waals surface area contributed by atoms with Gasteiger partial charge in [-0.3, -0.25) is 0 Å². The maximum absolute atomic E-state index is 11.5. The average molecular weight is 278 g/mol. The molecule has 0 saturated heterocycles. The molecule has 19 heavy (non-hydrogen) atoms. The third kappa shape index (κ3) is 2.43. The Morgan fingerprint density at radius 3 is 3.05 bits per heavy atom. The summed E-state index contributed by atoms with van der Waals surface area (Å²) in [6.45, 7) is 0.727. The smallest absolute Gasteiger partial charge is 0.364 e. The summed E-state index contributed by atoms with van der Waals surface area (Å²) in [5, 5.41) is 10.6. The van der Waals surface area contributed by atoms with Gasteiger partial charge in [-0.2, -0.15) is 9.61 Å². The molecule has 3 N–H and O–H groups in total. The molecule has 0 aromatic carbocycles. The van der Waals surface area contributed by atoms with Gasteiger partial charge in [0.15, 0.2) is 5.65 Å². The molecule has 1 fully saturated rings. The topological polar surface area (TPSA) is 92.3 Å². The van der Waals surface area contributed by atoms with E-state index in [1.165, 1.54) is 4.52 Å². The van der Waals surface area contributed by atoms with Crippen molar-refractivity contribution in [3.8, 4) is 0 Å². The molecule has 7 nitrogen and oxygen atoms in total. The van der Waals surface area contributed by atoms with Crippen LogP contribution in [-0.4, -0.2) is 37.4 Å². The van der Waals surface area contributed by atoms with Gasteiger partial charge in [0, 0.05) is 19.0 Å². The molecule has 8 heteroatoms. The van der Waals surface area contributed by atoms with Gasteiger partial charge in [0.25, 0.3) is 0 Å². The van der Waals surface area contributed by atoms with E-state index in [1.54, 1.807) is 6.07 Å². The zero-order valence-electron chi connectivity index (χ0n) is 10.2. The lowest BCUT2D eigenvalue weighted by Gasteiger charge is -2.22. The third-order valence-corrected chi connectivity index (χ3v) is 3.34. The van der Waals surface area contributed by atoms with Gasteiger partial charge in [-0.15, -0.1) is 5.10 Å². The second kappa shape index (κ2) is 4.61. The molecule has 0 amide bonds. The van der Waals surface area contributed by atoms with Crippen LogP contribution in [0.2, 0.25) is 0 Å². The van der Waals surface area contributed by atoms with Crippen LogP contribution in [-0.2, 0) is 0 Å². The lowest BCUT2D eigenvalue weighted by Crippen LogP contribution is -2.31. The van der Waals surface area contributed by atoms with Crippen molar-refractivity contribution in [2.75, 3.05) is 11.4 Å². The number of H-pyrrole nitrogens is 1. The molecule has 0 atom stereocenters. The van der Waals surface area contributed by atoms with Gasteiger partial charge in [0.2, 0.25) is 0 Å². The van der Waals surface area contributed by atoms with E-state index in [2.05, 4.69) is 20.2 Å². The minimum atomic E-state index is -0.332. The molecule has 2 aromatic heterocycles. The number of fused-ring (bicyclic) bond motifs is 1. The fourth-order valence-electron chi connectivity index (χ4n) is 2.05. The quantitative estimate of drug-likeness (QED) is 0.752. The Bertz CT molecular complexity index is 673. The highest BCUT2D eigenvalue weighted by molar-refractivity contribution is 7.80. The summed E-state index contributed by atoms with van der Waals surface area (Å²) < 4.78 is 1.27. The first-order valence-corrected chi connectivity index (χ1v) is 6.55. The second-order valence-corrected chi connectivity index (χ2v) is 5.16. The number of aromatic amines is 1. The lowest BCUT2D eigenvalue weighted by molar-refractivity contribution is 0.755. The first kappa shape index (κ1) is 12.1. The van der Waals surface area contributed by atoms with E-state index in [-0.39, 0.29) is 5.69 Å². The van der Waals surface area contributed by atoms with Crippen molar-refractivity contribution < 1.29 is 0 Å². The predicted octanol–water partition coefficient (Wildman–Crippen LogP) is 0.0626. The van der Waals surface area contributed by atoms with E-state index < -0.39 is 0 Å². The molecule has 2 heterocycles. The Morgan fingerprint density at radius 2 is 2.37 bits per heavy atom. The monoisotopic (exact) mass is 278 g/mol. The summed E-state index contributed by atoms with van der Waals surface area (Å²) in [6, 6.07) is 4.12. The van der Waals surface area contributed by atoms with Gasteiger partial charge < -0.3 is 10.6 Å². The minimum Gasteiger partial charge on any atom is -0.393 e. The van der Waals surface area contributed by atoms with Crippen molar-refractivity contribution in [3.63, 3.8) is 0 Å². The van der Waals surface area contributed by atoms with Crippen LogP contribution < -0.4 is 16.3 Å². The number of anilines is 1. The van der Waals surface area contributed by atoms with Crippen LogP contribution in [0.4, 0.5) is 5.82 Å². The van der Waals surface area contributed by atoms with E-state index in [9.17, 15) is 4.79 Å². The van der Waals surface area contributed by atoms with Gasteiger partial charge >= 0.3 is 5.69 Å². The molecule has 2 aromatic rings. The first-order chi connectivity index (χ1) is 9.15. The molecule has 0 aliphatic heterocycles. The number of aromatic nitrogens is 4. The van der Waals surface area contributed by atoms with Gasteiger partial charge in [-0.25, -0.2) is 9.89 Å². The SMILES string of the molecule is NC(=S)CCN(c1ccc2n[nH]c(=O)n2n1)C1CC1. The van der Waals surface area contributed by atoms with Crippen molar-refractivity contribution in [2.45, 2.75) is 25.3 Å². The first-order valence-electron chi connectivity index (χ1n) is 6.14. The number of hydrogen-bond donors (Lipinski definition) is 2. The van der Waals surface area contributed by atoms with Crippen molar-refractivity contribution in [1.82, 2.24) is 19.8 Å². The van der Waals surface area contributed by atoms with Crippen molar-refractivity contribution in [2.24, 2.45) is 5.73 Å². The van der Waals surface area contributed by atoms with Gasteiger partial charge in [-0.1, -0.05) is 12.2 Å². The molecule has 0 unspecified atom stereocenters. The maximum Gasteiger partial charge on any atom is 0.364 e. The lowest BCUT2D eigenvalue weighted by atomic mass is 10.3. The molecular weight excluding hydrogens is 264 g/mol. The van der Waals surface area contributed by atoms with Gasteiger partial charge in [-0.05, 0) is 25.0 Å². The fraction of sp³-hybridized carbons (Fsp3) is 0.455. The van der Waals surface area contributed by atoms with Crippen LogP contribution in [0.5, 0.6) is 0 Å². The molecule has 0 bridgehead atoms. The number of nitrogens with one attached hydrogen (secondary N) is 1. The molecular formula is C11H14N6OS. The van der Waals surface area contributed by atoms with Crippen LogP contribution >= 0.6 is 12.2 Å². The van der Waals surface area contributed by atoms with E-state index in [0.717, 1.165) is 25.2 Å². The van der Waals surface area contributed by atoms with Crippen LogP contribution in [0, 0.1) is 0 Å². The highest BCUT2D eigenvalue weighted by Crippen LogP contribution is 2.30. The summed E-state index contributed by atoms with van der Waals surface area (Å²) in [4.78, 5) is 14.2. The molecule has 1 saturated carbocycles. The van der Waals surface area contributed by atoms with Crippen LogP contribution in [0.1, 0.15) is 19.3 Å². The Kier molecular flexibility index (Phi) is 2.94. The summed E-state index contributed by atoms with van der Waals surface area (Å²) >= 11 is 4.92. The largest absolute Gasteiger partial charge is 0.393 e. The van der Waals surface area contributed by atoms with Crippen molar-refractivity contribution in [1.29, 1.82) is 0 Å².